The van der Waals surface area contributed by atoms with Crippen LogP contribution in [0.1, 0.15) is 0 Å². The van der Waals surface area contributed by atoms with E-state index in [1.165, 1.54) is 19.0 Å². The summed E-state index contributed by atoms with van der Waals surface area (Å²) < 4.78 is 8.68. The summed E-state index contributed by atoms with van der Waals surface area (Å²) in [5.41, 5.74) is 4.62. The normalized spacial score (nSPS) is 8.83. The van der Waals surface area contributed by atoms with Gasteiger partial charge in [0, 0.05) is 14.1 Å². The van der Waals surface area contributed by atoms with Crippen molar-refractivity contribution in [2.75, 3.05) is 14.1 Å². The van der Waals surface area contributed by atoms with Crippen LogP contribution in [0.3, 0.4) is 0 Å². The third-order valence-electron chi connectivity index (χ3n) is 0.614. The Morgan fingerprint density at radius 1 is 1.25 bits per heavy atom. The lowest BCUT2D eigenvalue weighted by Crippen LogP contribution is -2.20. The highest BCUT2D eigenvalue weighted by atomic mass is 33.1. The fourth-order valence-electron chi connectivity index (χ4n) is 0.165. The van der Waals surface area contributed by atoms with Gasteiger partial charge in [-0.1, -0.05) is 0 Å². The van der Waals surface area contributed by atoms with Crippen LogP contribution in [0.15, 0.2) is 0 Å². The molecule has 0 heterocycles. The van der Waals surface area contributed by atoms with Gasteiger partial charge in [0.2, 0.25) is 0 Å². The molecule has 70 valence electrons. The number of hydrogen-bond donors (Lipinski definition) is 1. The maximum Gasteiger partial charge on any atom is 0.422 e. The van der Waals surface area contributed by atoms with Gasteiger partial charge >= 0.3 is 12.2 Å². The first-order chi connectivity index (χ1) is 5.54. The molecule has 0 aromatic carbocycles. The van der Waals surface area contributed by atoms with E-state index in [0.29, 0.717) is 22.1 Å². The molecule has 0 fully saturated rings. The number of amides is 2. The lowest BCUT2D eigenvalue weighted by atomic mass is 10.9. The highest BCUT2D eigenvalue weighted by Crippen LogP contribution is 2.23. The van der Waals surface area contributed by atoms with E-state index in [1.807, 2.05) is 0 Å². The van der Waals surface area contributed by atoms with Gasteiger partial charge in [-0.2, -0.15) is 0 Å². The van der Waals surface area contributed by atoms with Crippen molar-refractivity contribution >= 4 is 34.3 Å². The zero-order chi connectivity index (χ0) is 9.56. The van der Waals surface area contributed by atoms with Crippen LogP contribution in [0.2, 0.25) is 0 Å². The molecule has 0 aliphatic heterocycles. The molecule has 0 unspecified atom stereocenters. The lowest BCUT2D eigenvalue weighted by molar-refractivity contribution is 0.180. The predicted octanol–water partition coefficient (Wildman–Crippen LogP) is 0.991. The first-order valence-electron chi connectivity index (χ1n) is 2.72. The van der Waals surface area contributed by atoms with Crippen molar-refractivity contribution in [3.8, 4) is 0 Å². The van der Waals surface area contributed by atoms with E-state index in [-0.39, 0.29) is 0 Å². The molecule has 8 heteroatoms. The van der Waals surface area contributed by atoms with Gasteiger partial charge < -0.3 is 19.0 Å². The van der Waals surface area contributed by atoms with Gasteiger partial charge in [-0.3, -0.25) is 0 Å². The lowest BCUT2D eigenvalue weighted by Gasteiger charge is -2.07. The number of carbonyl (C=O) groups is 2. The van der Waals surface area contributed by atoms with Gasteiger partial charge in [0.1, 0.15) is 0 Å². The van der Waals surface area contributed by atoms with Gasteiger partial charge in [0.15, 0.2) is 22.1 Å². The average Bonchev–Trinajstić information content (AvgIpc) is 1.97. The third kappa shape index (κ3) is 5.98. The van der Waals surface area contributed by atoms with Crippen molar-refractivity contribution in [2.45, 2.75) is 0 Å². The van der Waals surface area contributed by atoms with Crippen LogP contribution >= 0.6 is 22.1 Å². The van der Waals surface area contributed by atoms with Crippen LogP contribution in [0, 0.1) is 0 Å². The van der Waals surface area contributed by atoms with E-state index in [1.54, 1.807) is 0 Å². The van der Waals surface area contributed by atoms with Gasteiger partial charge in [-0.05, 0) is 0 Å². The van der Waals surface area contributed by atoms with E-state index in [4.69, 9.17) is 0 Å². The minimum atomic E-state index is -0.937. The summed E-state index contributed by atoms with van der Waals surface area (Å²) in [5, 5.41) is 0. The minimum Gasteiger partial charge on any atom is -0.360 e. The molecule has 0 aromatic heterocycles. The van der Waals surface area contributed by atoms with Crippen molar-refractivity contribution < 1.29 is 18.0 Å². The third-order valence-corrected chi connectivity index (χ3v) is 1.69. The van der Waals surface area contributed by atoms with E-state index in [9.17, 15) is 9.59 Å². The number of carbonyl (C=O) groups excluding carboxylic acids is 2. The highest BCUT2D eigenvalue weighted by Gasteiger charge is 2.06. The molecule has 0 spiro atoms. The van der Waals surface area contributed by atoms with Gasteiger partial charge in [-0.15, -0.1) is 0 Å². The molecule has 0 atom stereocenters. The average molecular weight is 212 g/mol. The Bertz CT molecular complexity index is 174. The molecule has 0 bridgehead atoms. The van der Waals surface area contributed by atoms with Crippen molar-refractivity contribution in [1.82, 2.24) is 4.90 Å². The zero-order valence-corrected chi connectivity index (χ0v) is 8.11. The number of hydrogen-bond acceptors (Lipinski definition) is 6. The van der Waals surface area contributed by atoms with Crippen LogP contribution in [-0.4, -0.2) is 31.2 Å². The molecule has 0 radical (unpaired) electrons. The largest absolute Gasteiger partial charge is 0.422 e. The molecule has 0 rings (SSSR count). The molecule has 12 heavy (non-hydrogen) atoms. The number of nitrogens with zero attached hydrogens (tertiary/aromatic N) is 1. The first-order valence-corrected chi connectivity index (χ1v) is 4.72. The Morgan fingerprint density at radius 3 is 2.17 bits per heavy atom. The summed E-state index contributed by atoms with van der Waals surface area (Å²) in [7, 11) is 3.06. The van der Waals surface area contributed by atoms with E-state index >= 15 is 0 Å². The van der Waals surface area contributed by atoms with Gasteiger partial charge in [-0.25, -0.2) is 9.59 Å². The fourth-order valence-corrected chi connectivity index (χ4v) is 1.04. The van der Waals surface area contributed by atoms with Crippen LogP contribution < -0.4 is 5.73 Å². The molecule has 2 N–H and O–H groups in total. The Morgan fingerprint density at radius 2 is 1.75 bits per heavy atom. The summed E-state index contributed by atoms with van der Waals surface area (Å²) in [6, 6.07) is 0. The summed E-state index contributed by atoms with van der Waals surface area (Å²) in [6.45, 7) is 0. The molecule has 2 amide bonds. The number of primary amides is 1. The first kappa shape index (κ1) is 11.2. The Hall–Kier alpha value is -0.760. The SMILES string of the molecule is CN(C)C(=O)OSSOC(N)=O. The number of nitrogens with two attached hydrogens (primary N) is 1. The molecule has 0 aliphatic carbocycles. The Balaban J connectivity index is 3.32. The van der Waals surface area contributed by atoms with Crippen LogP contribution in [0.5, 0.6) is 0 Å². The highest BCUT2D eigenvalue weighted by molar-refractivity contribution is 8.73. The molecule has 0 saturated carbocycles. The minimum absolute atomic E-state index is 0.541. The summed E-state index contributed by atoms with van der Waals surface area (Å²) >= 11 is 1.20. The molecule has 0 aromatic rings. The topological polar surface area (TPSA) is 81.9 Å². The van der Waals surface area contributed by atoms with Crippen molar-refractivity contribution in [3.05, 3.63) is 0 Å². The van der Waals surface area contributed by atoms with Crippen molar-refractivity contribution in [1.29, 1.82) is 0 Å². The maximum atomic E-state index is 10.7. The Kier molecular flexibility index (Phi) is 5.47. The monoisotopic (exact) mass is 212 g/mol. The van der Waals surface area contributed by atoms with E-state index < -0.39 is 12.2 Å². The van der Waals surface area contributed by atoms with Gasteiger partial charge in [0.25, 0.3) is 0 Å². The predicted molar refractivity (Wildman–Crippen MR) is 46.0 cm³/mol. The zero-order valence-electron chi connectivity index (χ0n) is 6.47. The smallest absolute Gasteiger partial charge is 0.360 e. The van der Waals surface area contributed by atoms with Crippen LogP contribution in [-0.2, 0) is 8.37 Å². The summed E-state index contributed by atoms with van der Waals surface area (Å²) in [6.07, 6.45) is -1.48. The Labute approximate surface area is 77.5 Å². The molecular formula is C4H8N2O4S2. The summed E-state index contributed by atoms with van der Waals surface area (Å²) in [5.74, 6) is 0. The second-order valence-corrected chi connectivity index (χ2v) is 3.20. The standard InChI is InChI=1S/C4H8N2O4S2/c1-6(2)4(8)10-12-11-9-3(5)7/h1-2H3,(H2,5,7). The number of rotatable bonds is 3. The molecule has 0 saturated heterocycles. The fraction of sp³-hybridized carbons (Fsp3) is 0.500. The van der Waals surface area contributed by atoms with Crippen molar-refractivity contribution in [3.63, 3.8) is 0 Å². The molecular weight excluding hydrogens is 204 g/mol. The second kappa shape index (κ2) is 5.84. The van der Waals surface area contributed by atoms with Crippen LogP contribution in [0.4, 0.5) is 9.59 Å². The van der Waals surface area contributed by atoms with E-state index in [0.717, 1.165) is 0 Å². The second-order valence-electron chi connectivity index (χ2n) is 1.78. The van der Waals surface area contributed by atoms with Crippen LogP contribution in [0.25, 0.3) is 0 Å². The van der Waals surface area contributed by atoms with Gasteiger partial charge in [0.05, 0.1) is 0 Å². The van der Waals surface area contributed by atoms with Crippen molar-refractivity contribution in [2.24, 2.45) is 5.73 Å². The van der Waals surface area contributed by atoms with E-state index in [2.05, 4.69) is 14.1 Å². The maximum absolute atomic E-state index is 10.7. The molecule has 0 aliphatic rings. The summed E-state index contributed by atoms with van der Waals surface area (Å²) in [4.78, 5) is 21.9. The quantitative estimate of drug-likeness (QED) is 0.427. The molecule has 6 nitrogen and oxygen atoms in total.